The molecule has 6 unspecified atom stereocenters. The Morgan fingerprint density at radius 1 is 0.197 bits per heavy atom. The zero-order valence-electron chi connectivity index (χ0n) is 89.6. The number of Topliss-reactive ketones (excluding diaryl/α,β-unsaturated/α-hetero) is 3. The van der Waals surface area contributed by atoms with Crippen molar-refractivity contribution < 1.29 is 57.5 Å². The van der Waals surface area contributed by atoms with Gasteiger partial charge in [0.2, 0.25) is 53.2 Å². The van der Waals surface area contributed by atoms with Gasteiger partial charge in [-0.05, 0) is 179 Å². The van der Waals surface area contributed by atoms with Gasteiger partial charge in [-0.1, -0.05) is 60.8 Å². The van der Waals surface area contributed by atoms with Crippen molar-refractivity contribution in [1.82, 2.24) is 115 Å². The third-order valence-corrected chi connectivity index (χ3v) is 24.0. The Labute approximate surface area is 803 Å². The third-order valence-electron chi connectivity index (χ3n) is 24.0. The summed E-state index contributed by atoms with van der Waals surface area (Å²) in [5.41, 5.74) is 0. The first-order valence-corrected chi connectivity index (χ1v) is 49.4. The van der Waals surface area contributed by atoms with Crippen LogP contribution in [0.1, 0.15) is 157 Å². The molecule has 0 saturated heterocycles. The van der Waals surface area contributed by atoms with Crippen molar-refractivity contribution in [1.29, 1.82) is 0 Å². The summed E-state index contributed by atoms with van der Waals surface area (Å²) >= 11 is 0. The molecule has 6 atom stereocenters. The Hall–Kier alpha value is -6.32. The maximum Gasteiger partial charge on any atom is 0.225 e. The maximum atomic E-state index is 13.4. The first kappa shape index (κ1) is 130. The van der Waals surface area contributed by atoms with Crippen molar-refractivity contribution >= 4 is 70.5 Å². The lowest BCUT2D eigenvalue weighted by Gasteiger charge is -2.27. The molecular formula is C97H199N23O12. The average molecular weight is 1880 g/mol. The van der Waals surface area contributed by atoms with E-state index in [0.29, 0.717) is 91.3 Å². The maximum absolute atomic E-state index is 13.4. The number of hydrogen-bond donors (Lipinski definition) is 5. The molecule has 0 aliphatic carbocycles. The fourth-order valence-corrected chi connectivity index (χ4v) is 13.6. The van der Waals surface area contributed by atoms with Crippen LogP contribution in [0, 0.1) is 35.5 Å². The van der Waals surface area contributed by atoms with Gasteiger partial charge in [0.1, 0.15) is 17.3 Å². The van der Waals surface area contributed by atoms with Gasteiger partial charge in [-0.2, -0.15) is 0 Å². The molecule has 0 aliphatic rings. The van der Waals surface area contributed by atoms with Crippen molar-refractivity contribution in [2.45, 2.75) is 157 Å². The lowest BCUT2D eigenvalue weighted by Crippen LogP contribution is -2.41. The van der Waals surface area contributed by atoms with Crippen molar-refractivity contribution in [2.75, 3.05) is 372 Å². The normalized spacial score (nSPS) is 13.1. The van der Waals surface area contributed by atoms with Crippen LogP contribution < -0.4 is 26.6 Å². The summed E-state index contributed by atoms with van der Waals surface area (Å²) in [6.07, 6.45) is 6.89. The molecule has 0 aromatic rings. The van der Waals surface area contributed by atoms with Crippen LogP contribution in [-0.4, -0.2) is 531 Å². The quantitative estimate of drug-likeness (QED) is 0.0547. The van der Waals surface area contributed by atoms with Crippen molar-refractivity contribution in [3.05, 3.63) is 0 Å². The number of nitrogens with zero attached hydrogens (tertiary/aromatic N) is 18. The zero-order chi connectivity index (χ0) is 101. The van der Waals surface area contributed by atoms with Gasteiger partial charge in [0, 0.05) is 307 Å². The van der Waals surface area contributed by atoms with Crippen LogP contribution in [0.25, 0.3) is 0 Å². The summed E-state index contributed by atoms with van der Waals surface area (Å²) < 4.78 is 0. The minimum absolute atomic E-state index is 0.0223. The van der Waals surface area contributed by atoms with E-state index in [0.717, 1.165) is 169 Å². The highest BCUT2D eigenvalue weighted by atomic mass is 16.2. The molecule has 35 nitrogen and oxygen atoms in total. The number of hydrogen-bond acceptors (Lipinski definition) is 26. The van der Waals surface area contributed by atoms with E-state index >= 15 is 0 Å². The number of rotatable bonds is 78. The second-order valence-corrected chi connectivity index (χ2v) is 38.8. The number of amides is 9. The van der Waals surface area contributed by atoms with Crippen LogP contribution in [0.2, 0.25) is 0 Å². The molecule has 9 amide bonds. The molecule has 774 valence electrons. The van der Waals surface area contributed by atoms with Crippen molar-refractivity contribution in [2.24, 2.45) is 35.5 Å². The summed E-state index contributed by atoms with van der Waals surface area (Å²) in [4.78, 5) is 194. The lowest BCUT2D eigenvalue weighted by molar-refractivity contribution is -0.139. The van der Waals surface area contributed by atoms with Gasteiger partial charge in [-0.25, -0.2) is 0 Å². The number of carbonyl (C=O) groups excluding carboxylic acids is 12. The average Bonchev–Trinajstić information content (AvgIpc) is 0.876. The molecule has 0 aromatic carbocycles. The Morgan fingerprint density at radius 3 is 0.644 bits per heavy atom. The number of nitrogens with one attached hydrogen (secondary N) is 5. The number of likely N-dealkylation sites (N-methyl/N-ethyl adjacent to an activating group) is 18. The number of ketones is 3. The zero-order valence-corrected chi connectivity index (χ0v) is 89.6. The molecular weight excluding hydrogens is 1680 g/mol. The van der Waals surface area contributed by atoms with Crippen LogP contribution in [0.3, 0.4) is 0 Å². The van der Waals surface area contributed by atoms with E-state index < -0.39 is 35.5 Å². The molecule has 0 radical (unpaired) electrons. The molecule has 0 heterocycles. The predicted molar refractivity (Wildman–Crippen MR) is 540 cm³/mol. The Kier molecular flexibility index (Phi) is 77.4. The van der Waals surface area contributed by atoms with Gasteiger partial charge >= 0.3 is 0 Å². The topological polar surface area (TPSA) is 323 Å². The third kappa shape index (κ3) is 70.3. The Morgan fingerprint density at radius 2 is 0.394 bits per heavy atom. The SMILES string of the molecule is CCCCNC(=O)C(CC(=O)CC(CC)C(=O)N(C)CCN(C)CCN(C)C)CC(=O)N(C)CCN(C)CCN(C)C.CCCCNC(=O)C(CC(=O)CC(CC)C(=O)N(C)CCN(C)CCN(C)CCN(C)C)CC(=O)N(C)CCN(C)CCN(C)CCN(C)C.CCCCNC(=O)C(CC(=O)CC(CC)C(=O)NCCN(C)CCN(C)C)CC(=O)NCCN(C)CCN(C)C. The van der Waals surface area contributed by atoms with Crippen molar-refractivity contribution in [3.8, 4) is 0 Å². The molecule has 132 heavy (non-hydrogen) atoms. The van der Waals surface area contributed by atoms with E-state index in [4.69, 9.17) is 0 Å². The van der Waals surface area contributed by atoms with E-state index in [1.807, 2.05) is 126 Å². The molecule has 0 saturated carbocycles. The Bertz CT molecular complexity index is 3100. The Balaban J connectivity index is -0.00000191. The minimum atomic E-state index is -0.757. The van der Waals surface area contributed by atoms with Crippen LogP contribution >= 0.6 is 0 Å². The molecule has 35 heteroatoms. The largest absolute Gasteiger partial charge is 0.356 e. The van der Waals surface area contributed by atoms with Gasteiger partial charge in [-0.15, -0.1) is 0 Å². The van der Waals surface area contributed by atoms with Gasteiger partial charge < -0.3 is 115 Å². The van der Waals surface area contributed by atoms with E-state index in [9.17, 15) is 57.5 Å². The highest BCUT2D eigenvalue weighted by molar-refractivity contribution is 5.95. The minimum Gasteiger partial charge on any atom is -0.356 e. The second-order valence-electron chi connectivity index (χ2n) is 38.8. The van der Waals surface area contributed by atoms with Crippen LogP contribution in [0.5, 0.6) is 0 Å². The summed E-state index contributed by atoms with van der Waals surface area (Å²) in [5.74, 6) is -5.66. The molecule has 0 fully saturated rings. The second kappa shape index (κ2) is 78.7. The summed E-state index contributed by atoms with van der Waals surface area (Å²) in [6.45, 7) is 36.0. The lowest BCUT2D eigenvalue weighted by atomic mass is 9.90. The highest BCUT2D eigenvalue weighted by Crippen LogP contribution is 2.23. The van der Waals surface area contributed by atoms with Gasteiger partial charge in [0.25, 0.3) is 0 Å². The van der Waals surface area contributed by atoms with Crippen LogP contribution in [0.15, 0.2) is 0 Å². The van der Waals surface area contributed by atoms with Crippen LogP contribution in [0.4, 0.5) is 0 Å². The van der Waals surface area contributed by atoms with E-state index in [1.54, 1.807) is 47.8 Å². The van der Waals surface area contributed by atoms with Crippen LogP contribution in [-0.2, 0) is 57.5 Å². The van der Waals surface area contributed by atoms with E-state index in [2.05, 4.69) is 152 Å². The summed E-state index contributed by atoms with van der Waals surface area (Å²) in [5, 5.41) is 14.5. The van der Waals surface area contributed by atoms with E-state index in [1.165, 1.54) is 0 Å². The van der Waals surface area contributed by atoms with Gasteiger partial charge in [0.05, 0.1) is 17.8 Å². The molecule has 5 N–H and O–H groups in total. The summed E-state index contributed by atoms with van der Waals surface area (Å²) in [7, 11) is 48.0. The molecule has 0 aliphatic heterocycles. The molecule has 0 spiro atoms. The first-order valence-electron chi connectivity index (χ1n) is 49.4. The summed E-state index contributed by atoms with van der Waals surface area (Å²) in [6, 6.07) is 0. The standard InChI is InChI=1S/C37H77N9O4.C31H63N7O4.C29H59N7O4/c1-13-15-16-38-36(49)33(31-35(48)45(11)27-25-43(9)23-21-41(7)19-17-39(3)4)30-34(47)29-32(14-2)37(50)46(12)28-26-44(10)24-22-42(8)20-18-40(5)6;1-11-13-14-32-30(41)27(25-29(40)37(9)21-19-35(7)17-15-33(3)4)24-28(39)23-26(12-2)31(42)38(10)22-20-36(8)18-16-34(5)6;1-9-11-12-31-29(40)25(23-27(38)30-13-15-35(7)19-17-33(3)4)22-26(37)21-24(10-2)28(39)32-14-16-36(8)20-18-34(5)6/h32-33H,13-31H2,1-12H3,(H,38,49);26-27H,11-25H2,1-10H3,(H,32,41);24-25H,9-23H2,1-8H3,(H,30,38)(H,31,40)(H,32,39). The molecule has 0 rings (SSSR count). The van der Waals surface area contributed by atoms with Gasteiger partial charge in [0.15, 0.2) is 0 Å². The van der Waals surface area contributed by atoms with Gasteiger partial charge in [-0.3, -0.25) is 57.5 Å². The first-order chi connectivity index (χ1) is 62.1. The van der Waals surface area contributed by atoms with E-state index in [-0.39, 0.29) is 128 Å². The number of carbonyl (C=O) groups is 12. The van der Waals surface area contributed by atoms with Crippen molar-refractivity contribution in [3.63, 3.8) is 0 Å². The number of unbranched alkanes of at least 4 members (excludes halogenated alkanes) is 3. The fourth-order valence-electron chi connectivity index (χ4n) is 13.6. The predicted octanol–water partition coefficient (Wildman–Crippen LogP) is 2.74. The fraction of sp³-hybridized carbons (Fsp3) is 0.876. The molecule has 0 aromatic heterocycles. The smallest absolute Gasteiger partial charge is 0.225 e. The molecule has 0 bridgehead atoms. The highest BCUT2D eigenvalue weighted by Gasteiger charge is 2.34. The monoisotopic (exact) mass is 1880 g/mol.